The Morgan fingerprint density at radius 3 is 2.50 bits per heavy atom. The van der Waals surface area contributed by atoms with E-state index in [1.165, 1.54) is 19.5 Å². The Morgan fingerprint density at radius 1 is 1.11 bits per heavy atom. The molecule has 0 atom stereocenters. The van der Waals surface area contributed by atoms with Gasteiger partial charge >= 0.3 is 5.97 Å². The summed E-state index contributed by atoms with van der Waals surface area (Å²) in [5, 5.41) is 0. The molecule has 1 aromatic heterocycles. The van der Waals surface area contributed by atoms with Gasteiger partial charge in [-0.1, -0.05) is 24.1 Å². The molecule has 18 heavy (non-hydrogen) atoms. The molecule has 88 valence electrons. The Balaban J connectivity index is 2.17. The lowest BCUT2D eigenvalue weighted by Crippen LogP contribution is -2.04. The summed E-state index contributed by atoms with van der Waals surface area (Å²) in [4.78, 5) is 19.1. The fraction of sp³-hybridized carbons (Fsp3) is 0.0714. The molecule has 4 nitrogen and oxygen atoms in total. The lowest BCUT2D eigenvalue weighted by atomic mass is 10.2. The number of hydrogen-bond acceptors (Lipinski definition) is 4. The number of ether oxygens (including phenoxy) is 1. The van der Waals surface area contributed by atoms with E-state index in [1.807, 2.05) is 30.3 Å². The van der Waals surface area contributed by atoms with Crippen LogP contribution in [0.15, 0.2) is 42.7 Å². The molecule has 0 aliphatic carbocycles. The van der Waals surface area contributed by atoms with Gasteiger partial charge in [0.25, 0.3) is 0 Å². The van der Waals surface area contributed by atoms with Crippen LogP contribution in [0.2, 0.25) is 0 Å². The molecule has 2 rings (SSSR count). The van der Waals surface area contributed by atoms with Gasteiger partial charge < -0.3 is 4.74 Å². The number of esters is 1. The Kier molecular flexibility index (Phi) is 3.67. The van der Waals surface area contributed by atoms with E-state index in [4.69, 9.17) is 0 Å². The van der Waals surface area contributed by atoms with Crippen LogP contribution < -0.4 is 0 Å². The third-order valence-corrected chi connectivity index (χ3v) is 2.16. The Bertz CT molecular complexity index is 595. The number of nitrogens with zero attached hydrogens (tertiary/aromatic N) is 2. The first kappa shape index (κ1) is 11.8. The molecule has 2 aromatic rings. The molecule has 4 heteroatoms. The van der Waals surface area contributed by atoms with Crippen molar-refractivity contribution in [1.82, 2.24) is 9.97 Å². The minimum absolute atomic E-state index is 0.169. The van der Waals surface area contributed by atoms with Crippen LogP contribution in [0.1, 0.15) is 21.7 Å². The number of carbonyl (C=O) groups is 1. The van der Waals surface area contributed by atoms with Crippen LogP contribution >= 0.6 is 0 Å². The Labute approximate surface area is 105 Å². The van der Waals surface area contributed by atoms with E-state index in [0.29, 0.717) is 5.69 Å². The van der Waals surface area contributed by atoms with Gasteiger partial charge in [0.15, 0.2) is 5.69 Å². The second kappa shape index (κ2) is 5.60. The molecule has 0 saturated carbocycles. The van der Waals surface area contributed by atoms with Crippen molar-refractivity contribution in [1.29, 1.82) is 0 Å². The summed E-state index contributed by atoms with van der Waals surface area (Å²) in [6.07, 6.45) is 2.79. The zero-order valence-electron chi connectivity index (χ0n) is 9.75. The normalized spacial score (nSPS) is 9.17. The fourth-order valence-corrected chi connectivity index (χ4v) is 1.26. The fourth-order valence-electron chi connectivity index (χ4n) is 1.26. The number of carbonyl (C=O) groups excluding carboxylic acids is 1. The first-order valence-electron chi connectivity index (χ1n) is 5.27. The van der Waals surface area contributed by atoms with Crippen molar-refractivity contribution in [2.75, 3.05) is 7.11 Å². The molecule has 1 heterocycles. The number of benzene rings is 1. The van der Waals surface area contributed by atoms with Gasteiger partial charge in [0.1, 0.15) is 5.69 Å². The molecule has 0 radical (unpaired) electrons. The van der Waals surface area contributed by atoms with Gasteiger partial charge in [-0.15, -0.1) is 0 Å². The largest absolute Gasteiger partial charge is 0.464 e. The summed E-state index contributed by atoms with van der Waals surface area (Å²) in [6.45, 7) is 0. The minimum Gasteiger partial charge on any atom is -0.464 e. The molecule has 0 N–H and O–H groups in total. The van der Waals surface area contributed by atoms with E-state index in [-0.39, 0.29) is 5.69 Å². The monoisotopic (exact) mass is 238 g/mol. The van der Waals surface area contributed by atoms with E-state index in [1.54, 1.807) is 0 Å². The summed E-state index contributed by atoms with van der Waals surface area (Å²) in [6, 6.07) is 9.56. The van der Waals surface area contributed by atoms with Gasteiger partial charge in [-0.2, -0.15) is 0 Å². The molecule has 0 saturated heterocycles. The standard InChI is InChI=1S/C14H10N2O2/c1-18-14(17)13-10-15-12(9-16-13)8-7-11-5-3-2-4-6-11/h2-6,9-10H,1H3. The molecule has 0 aliphatic heterocycles. The van der Waals surface area contributed by atoms with Crippen molar-refractivity contribution in [2.24, 2.45) is 0 Å². The molecule has 0 fully saturated rings. The van der Waals surface area contributed by atoms with Gasteiger partial charge in [0.2, 0.25) is 0 Å². The van der Waals surface area contributed by atoms with E-state index >= 15 is 0 Å². The molecule has 0 bridgehead atoms. The lowest BCUT2D eigenvalue weighted by molar-refractivity contribution is 0.0593. The summed E-state index contributed by atoms with van der Waals surface area (Å²) in [5.74, 6) is 5.32. The summed E-state index contributed by atoms with van der Waals surface area (Å²) >= 11 is 0. The zero-order chi connectivity index (χ0) is 12.8. The van der Waals surface area contributed by atoms with Gasteiger partial charge in [-0.05, 0) is 18.1 Å². The van der Waals surface area contributed by atoms with Crippen LogP contribution in [0.4, 0.5) is 0 Å². The zero-order valence-corrected chi connectivity index (χ0v) is 9.75. The molecular formula is C14H10N2O2. The number of rotatable bonds is 1. The van der Waals surface area contributed by atoms with E-state index < -0.39 is 5.97 Å². The summed E-state index contributed by atoms with van der Waals surface area (Å²) < 4.78 is 4.53. The maximum absolute atomic E-state index is 11.1. The first-order chi connectivity index (χ1) is 8.79. The summed E-state index contributed by atoms with van der Waals surface area (Å²) in [5.41, 5.74) is 1.57. The van der Waals surface area contributed by atoms with Gasteiger partial charge in [-0.3, -0.25) is 0 Å². The average Bonchev–Trinajstić information content (AvgIpc) is 2.46. The highest BCUT2D eigenvalue weighted by Crippen LogP contribution is 1.98. The molecule has 0 amide bonds. The summed E-state index contributed by atoms with van der Waals surface area (Å²) in [7, 11) is 1.30. The second-order valence-electron chi connectivity index (χ2n) is 3.39. The van der Waals surface area contributed by atoms with Crippen molar-refractivity contribution in [3.8, 4) is 11.8 Å². The first-order valence-corrected chi connectivity index (χ1v) is 5.27. The molecule has 1 aromatic carbocycles. The molecular weight excluding hydrogens is 228 g/mol. The van der Waals surface area contributed by atoms with Crippen LogP contribution in [-0.4, -0.2) is 23.0 Å². The van der Waals surface area contributed by atoms with Crippen molar-refractivity contribution in [3.63, 3.8) is 0 Å². The van der Waals surface area contributed by atoms with Crippen LogP contribution in [0.3, 0.4) is 0 Å². The maximum atomic E-state index is 11.1. The van der Waals surface area contributed by atoms with Gasteiger partial charge in [0.05, 0.1) is 19.5 Å². The van der Waals surface area contributed by atoms with Gasteiger partial charge in [0, 0.05) is 5.56 Å². The van der Waals surface area contributed by atoms with Crippen LogP contribution in [0.5, 0.6) is 0 Å². The van der Waals surface area contributed by atoms with E-state index in [2.05, 4.69) is 26.5 Å². The second-order valence-corrected chi connectivity index (χ2v) is 3.39. The topological polar surface area (TPSA) is 52.1 Å². The highest BCUT2D eigenvalue weighted by molar-refractivity contribution is 5.86. The Morgan fingerprint density at radius 2 is 1.89 bits per heavy atom. The molecule has 0 unspecified atom stereocenters. The van der Waals surface area contributed by atoms with Crippen LogP contribution in [0, 0.1) is 11.8 Å². The van der Waals surface area contributed by atoms with Crippen molar-refractivity contribution in [2.45, 2.75) is 0 Å². The predicted octanol–water partition coefficient (Wildman–Crippen LogP) is 1.66. The average molecular weight is 238 g/mol. The van der Waals surface area contributed by atoms with Gasteiger partial charge in [-0.25, -0.2) is 14.8 Å². The number of methoxy groups -OCH3 is 1. The highest BCUT2D eigenvalue weighted by Gasteiger charge is 2.06. The number of hydrogen-bond donors (Lipinski definition) is 0. The third-order valence-electron chi connectivity index (χ3n) is 2.16. The Hall–Kier alpha value is -2.67. The number of aromatic nitrogens is 2. The van der Waals surface area contributed by atoms with Crippen molar-refractivity contribution in [3.05, 3.63) is 59.7 Å². The van der Waals surface area contributed by atoms with E-state index in [0.717, 1.165) is 5.56 Å². The van der Waals surface area contributed by atoms with Crippen molar-refractivity contribution >= 4 is 5.97 Å². The SMILES string of the molecule is COC(=O)c1cnc(C#Cc2ccccc2)cn1. The van der Waals surface area contributed by atoms with Crippen molar-refractivity contribution < 1.29 is 9.53 Å². The maximum Gasteiger partial charge on any atom is 0.358 e. The third kappa shape index (κ3) is 2.92. The quantitative estimate of drug-likeness (QED) is 0.560. The van der Waals surface area contributed by atoms with Crippen LogP contribution in [-0.2, 0) is 4.74 Å². The molecule has 0 spiro atoms. The smallest absolute Gasteiger partial charge is 0.358 e. The highest BCUT2D eigenvalue weighted by atomic mass is 16.5. The van der Waals surface area contributed by atoms with Crippen LogP contribution in [0.25, 0.3) is 0 Å². The van der Waals surface area contributed by atoms with E-state index in [9.17, 15) is 4.79 Å². The predicted molar refractivity (Wildman–Crippen MR) is 65.8 cm³/mol. The lowest BCUT2D eigenvalue weighted by Gasteiger charge is -1.96. The molecule has 0 aliphatic rings. The minimum atomic E-state index is -0.509.